The highest BCUT2D eigenvalue weighted by molar-refractivity contribution is 6.30. The number of hydrogen-bond donors (Lipinski definition) is 0. The van der Waals surface area contributed by atoms with Crippen LogP contribution in [0.15, 0.2) is 48.5 Å². The maximum atomic E-state index is 11.6. The molecule has 0 bridgehead atoms. The van der Waals surface area contributed by atoms with Crippen molar-refractivity contribution in [3.05, 3.63) is 69.7 Å². The Morgan fingerprint density at radius 3 is 1.76 bits per heavy atom. The van der Waals surface area contributed by atoms with Crippen LogP contribution >= 0.6 is 23.2 Å². The number of carbonyl (C=O) groups excluding carboxylic acids is 1. The van der Waals surface area contributed by atoms with Crippen LogP contribution in [0, 0.1) is 0 Å². The summed E-state index contributed by atoms with van der Waals surface area (Å²) in [6.45, 7) is 3.78. The van der Waals surface area contributed by atoms with E-state index >= 15 is 0 Å². The summed E-state index contributed by atoms with van der Waals surface area (Å²) in [4.78, 5) is 11.6. The summed E-state index contributed by atoms with van der Waals surface area (Å²) in [6.07, 6.45) is 0.519. The molecule has 0 unspecified atom stereocenters. The van der Waals surface area contributed by atoms with Gasteiger partial charge in [0.15, 0.2) is 0 Å². The zero-order valence-corrected chi connectivity index (χ0v) is 13.7. The summed E-state index contributed by atoms with van der Waals surface area (Å²) < 4.78 is 0. The van der Waals surface area contributed by atoms with E-state index in [0.717, 1.165) is 10.6 Å². The van der Waals surface area contributed by atoms with Crippen molar-refractivity contribution >= 4 is 29.0 Å². The molecule has 0 amide bonds. The highest BCUT2D eigenvalue weighted by Crippen LogP contribution is 2.36. The fraction of sp³-hybridized carbons (Fsp3) is 0.278. The van der Waals surface area contributed by atoms with Gasteiger partial charge in [0.1, 0.15) is 5.78 Å². The molecule has 0 N–H and O–H groups in total. The van der Waals surface area contributed by atoms with Crippen molar-refractivity contribution in [2.45, 2.75) is 32.1 Å². The van der Waals surface area contributed by atoms with E-state index in [2.05, 4.69) is 6.92 Å². The molecule has 0 radical (unpaired) electrons. The van der Waals surface area contributed by atoms with Gasteiger partial charge in [-0.1, -0.05) is 54.4 Å². The first-order valence-electron chi connectivity index (χ1n) is 6.97. The molecule has 0 saturated carbocycles. The summed E-state index contributed by atoms with van der Waals surface area (Å²) in [6, 6.07) is 15.6. The molecule has 0 spiro atoms. The van der Waals surface area contributed by atoms with E-state index in [1.54, 1.807) is 6.92 Å². The fourth-order valence-corrected chi connectivity index (χ4v) is 2.85. The predicted molar refractivity (Wildman–Crippen MR) is 89.4 cm³/mol. The Balaban J connectivity index is 2.32. The van der Waals surface area contributed by atoms with Gasteiger partial charge in [-0.2, -0.15) is 0 Å². The first kappa shape index (κ1) is 16.1. The van der Waals surface area contributed by atoms with Crippen molar-refractivity contribution in [3.63, 3.8) is 0 Å². The Morgan fingerprint density at radius 1 is 0.905 bits per heavy atom. The van der Waals surface area contributed by atoms with Gasteiger partial charge in [0.05, 0.1) is 0 Å². The third-order valence-electron chi connectivity index (χ3n) is 3.80. The monoisotopic (exact) mass is 320 g/mol. The highest BCUT2D eigenvalue weighted by Gasteiger charge is 2.22. The molecule has 0 saturated heterocycles. The van der Waals surface area contributed by atoms with E-state index in [4.69, 9.17) is 23.2 Å². The van der Waals surface area contributed by atoms with Crippen molar-refractivity contribution in [1.29, 1.82) is 0 Å². The Hall–Kier alpha value is -1.31. The zero-order valence-electron chi connectivity index (χ0n) is 12.1. The Bertz CT molecular complexity index is 602. The van der Waals surface area contributed by atoms with Crippen LogP contribution in [-0.4, -0.2) is 5.78 Å². The van der Waals surface area contributed by atoms with Crippen LogP contribution < -0.4 is 0 Å². The molecule has 0 aromatic heterocycles. The first-order valence-corrected chi connectivity index (χ1v) is 7.73. The van der Waals surface area contributed by atoms with Crippen LogP contribution in [0.4, 0.5) is 0 Å². The minimum atomic E-state index is 0.140. The second kappa shape index (κ2) is 7.11. The summed E-state index contributed by atoms with van der Waals surface area (Å²) in [5.41, 5.74) is 2.32. The molecule has 2 aromatic rings. The van der Waals surface area contributed by atoms with Crippen LogP contribution in [0.1, 0.15) is 43.2 Å². The normalized spacial score (nSPS) is 13.7. The molecule has 1 nitrogen and oxygen atoms in total. The lowest BCUT2D eigenvalue weighted by molar-refractivity contribution is -0.117. The number of Topliss-reactive ketones (excluding diaryl/α,β-unsaturated/α-hetero) is 1. The van der Waals surface area contributed by atoms with E-state index in [1.165, 1.54) is 5.56 Å². The van der Waals surface area contributed by atoms with Crippen LogP contribution in [0.2, 0.25) is 10.0 Å². The molecule has 0 aliphatic rings. The minimum Gasteiger partial charge on any atom is -0.300 e. The van der Waals surface area contributed by atoms with Crippen LogP contribution in [-0.2, 0) is 4.79 Å². The summed E-state index contributed by atoms with van der Waals surface area (Å²) >= 11 is 11.9. The van der Waals surface area contributed by atoms with E-state index in [0.29, 0.717) is 11.4 Å². The molecular formula is C18H18Cl2O. The predicted octanol–water partition coefficient (Wildman–Crippen LogP) is 5.86. The van der Waals surface area contributed by atoms with Gasteiger partial charge in [-0.3, -0.25) is 0 Å². The van der Waals surface area contributed by atoms with Gasteiger partial charge >= 0.3 is 0 Å². The zero-order chi connectivity index (χ0) is 15.4. The quantitative estimate of drug-likeness (QED) is 0.674. The fourth-order valence-electron chi connectivity index (χ4n) is 2.60. The van der Waals surface area contributed by atoms with E-state index in [1.807, 2.05) is 48.5 Å². The van der Waals surface area contributed by atoms with Gasteiger partial charge in [-0.25, -0.2) is 0 Å². The molecule has 2 rings (SSSR count). The third-order valence-corrected chi connectivity index (χ3v) is 4.31. The van der Waals surface area contributed by atoms with Crippen molar-refractivity contribution in [1.82, 2.24) is 0 Å². The summed E-state index contributed by atoms with van der Waals surface area (Å²) in [7, 11) is 0. The number of carbonyl (C=O) groups is 1. The van der Waals surface area contributed by atoms with Gasteiger partial charge in [0, 0.05) is 16.5 Å². The smallest absolute Gasteiger partial charge is 0.130 e. The largest absolute Gasteiger partial charge is 0.300 e. The van der Waals surface area contributed by atoms with Crippen LogP contribution in [0.5, 0.6) is 0 Å². The lowest BCUT2D eigenvalue weighted by Gasteiger charge is -2.24. The van der Waals surface area contributed by atoms with Gasteiger partial charge in [0.25, 0.3) is 0 Å². The van der Waals surface area contributed by atoms with Gasteiger partial charge in [-0.15, -0.1) is 0 Å². The lowest BCUT2D eigenvalue weighted by atomic mass is 9.80. The molecule has 21 heavy (non-hydrogen) atoms. The number of hydrogen-bond acceptors (Lipinski definition) is 1. The molecule has 2 aromatic carbocycles. The number of rotatable bonds is 5. The average molecular weight is 321 g/mol. The average Bonchev–Trinajstić information content (AvgIpc) is 2.46. The second-order valence-corrected chi connectivity index (χ2v) is 6.28. The van der Waals surface area contributed by atoms with E-state index in [-0.39, 0.29) is 17.6 Å². The molecule has 110 valence electrons. The van der Waals surface area contributed by atoms with Crippen molar-refractivity contribution in [2.75, 3.05) is 0 Å². The van der Waals surface area contributed by atoms with Crippen molar-refractivity contribution in [3.8, 4) is 0 Å². The molecule has 0 fully saturated rings. The molecule has 0 aliphatic carbocycles. The Morgan fingerprint density at radius 2 is 1.33 bits per heavy atom. The topological polar surface area (TPSA) is 17.1 Å². The van der Waals surface area contributed by atoms with Gasteiger partial charge in [-0.05, 0) is 54.2 Å². The molecule has 0 heterocycles. The third kappa shape index (κ3) is 4.33. The van der Waals surface area contributed by atoms with Crippen LogP contribution in [0.25, 0.3) is 0 Å². The SMILES string of the molecule is CC(=O)C[C@@H](c1ccc(Cl)cc1)[C@H](C)c1ccc(Cl)cc1. The maximum absolute atomic E-state index is 11.6. The highest BCUT2D eigenvalue weighted by atomic mass is 35.5. The van der Waals surface area contributed by atoms with Gasteiger partial charge < -0.3 is 4.79 Å². The number of benzene rings is 2. The number of ketones is 1. The van der Waals surface area contributed by atoms with Gasteiger partial charge in [0.2, 0.25) is 0 Å². The second-order valence-electron chi connectivity index (χ2n) is 5.40. The Labute approximate surface area is 135 Å². The molecular weight excluding hydrogens is 303 g/mol. The minimum absolute atomic E-state index is 0.140. The summed E-state index contributed by atoms with van der Waals surface area (Å²) in [5.74, 6) is 0.559. The first-order chi connectivity index (χ1) is 9.97. The lowest BCUT2D eigenvalue weighted by Crippen LogP contribution is -2.12. The van der Waals surface area contributed by atoms with E-state index < -0.39 is 0 Å². The van der Waals surface area contributed by atoms with Crippen molar-refractivity contribution in [2.24, 2.45) is 0 Å². The number of halogens is 2. The van der Waals surface area contributed by atoms with Crippen LogP contribution in [0.3, 0.4) is 0 Å². The molecule has 3 heteroatoms. The molecule has 0 aliphatic heterocycles. The van der Waals surface area contributed by atoms with E-state index in [9.17, 15) is 4.79 Å². The Kier molecular flexibility index (Phi) is 5.44. The molecule has 2 atom stereocenters. The standard InChI is InChI=1S/C18H18Cl2O/c1-12(21)11-18(15-5-9-17(20)10-6-15)13(2)14-3-7-16(19)8-4-14/h3-10,13,18H,11H2,1-2H3/t13-,18-/m1/s1. The summed E-state index contributed by atoms with van der Waals surface area (Å²) in [5, 5.41) is 1.43. The maximum Gasteiger partial charge on any atom is 0.130 e. The van der Waals surface area contributed by atoms with Crippen molar-refractivity contribution < 1.29 is 4.79 Å².